The van der Waals surface area contributed by atoms with Crippen LogP contribution < -0.4 is 0 Å². The van der Waals surface area contributed by atoms with Gasteiger partial charge in [-0.2, -0.15) is 0 Å². The maximum atomic E-state index is 2.50. The van der Waals surface area contributed by atoms with Crippen molar-refractivity contribution in [2.45, 2.75) is 21.1 Å². The van der Waals surface area contributed by atoms with E-state index >= 15 is 0 Å². The summed E-state index contributed by atoms with van der Waals surface area (Å²) in [5.41, 5.74) is 9.76. The molecule has 1 heterocycles. The summed E-state index contributed by atoms with van der Waals surface area (Å²) in [7, 11) is 0. The van der Waals surface area contributed by atoms with Crippen LogP contribution in [0, 0.1) is 5.41 Å². The van der Waals surface area contributed by atoms with Gasteiger partial charge < -0.3 is 0 Å². The molecule has 0 spiro atoms. The summed E-state index contributed by atoms with van der Waals surface area (Å²) < 4.78 is 1.53. The Balaban J connectivity index is 1.71. The monoisotopic (exact) mass is 360 g/mol. The van der Waals surface area contributed by atoms with Crippen molar-refractivity contribution in [1.82, 2.24) is 0 Å². The molecule has 1 heteroatoms. The fraction of sp³-hybridized carbons (Fsp3) is 0.238. The molecule has 2 unspecified atom stereocenters. The summed E-state index contributed by atoms with van der Waals surface area (Å²) >= 11 is -0.589. The molecule has 3 aliphatic rings. The van der Waals surface area contributed by atoms with Gasteiger partial charge in [0.25, 0.3) is 0 Å². The van der Waals surface area contributed by atoms with E-state index in [2.05, 4.69) is 74.5 Å². The number of fused-ring (bicyclic) bond motifs is 6. The molecule has 1 aliphatic heterocycles. The third-order valence-electron chi connectivity index (χ3n) is 5.63. The molecule has 0 saturated carbocycles. The Morgan fingerprint density at radius 3 is 1.68 bits per heavy atom. The third kappa shape index (κ3) is 1.61. The Morgan fingerprint density at radius 2 is 1.18 bits per heavy atom. The van der Waals surface area contributed by atoms with Crippen LogP contribution in [0.25, 0.3) is 12.2 Å². The molecule has 2 aromatic carbocycles. The van der Waals surface area contributed by atoms with E-state index in [0.29, 0.717) is 0 Å². The van der Waals surface area contributed by atoms with Crippen LogP contribution in [0.4, 0.5) is 0 Å². The Bertz CT molecular complexity index is 784. The molecule has 0 radical (unpaired) electrons. The van der Waals surface area contributed by atoms with Gasteiger partial charge in [0.15, 0.2) is 0 Å². The topological polar surface area (TPSA) is 0 Å². The second-order valence-corrected chi connectivity index (χ2v) is 10.8. The average molecular weight is 362 g/mol. The van der Waals surface area contributed by atoms with Gasteiger partial charge in [-0.25, -0.2) is 0 Å². The van der Waals surface area contributed by atoms with E-state index in [1.165, 1.54) is 11.1 Å². The molecule has 0 aromatic heterocycles. The number of allylic oxidation sites excluding steroid dienone is 2. The van der Waals surface area contributed by atoms with Gasteiger partial charge in [0.1, 0.15) is 0 Å². The number of rotatable bonds is 0. The molecule has 2 atom stereocenters. The van der Waals surface area contributed by atoms with E-state index in [1.807, 2.05) is 0 Å². The molecule has 0 amide bonds. The Hall–Kier alpha value is -1.20. The first-order valence-electron chi connectivity index (χ1n) is 8.04. The van der Waals surface area contributed by atoms with Crippen molar-refractivity contribution in [3.8, 4) is 0 Å². The summed E-state index contributed by atoms with van der Waals surface area (Å²) in [6.45, 7) is 4.89. The van der Waals surface area contributed by atoms with Crippen LogP contribution in [0.1, 0.15) is 43.4 Å². The molecule has 106 valence electrons. The molecule has 2 aromatic rings. The van der Waals surface area contributed by atoms with Crippen molar-refractivity contribution >= 4 is 12.2 Å². The first kappa shape index (κ1) is 13.3. The van der Waals surface area contributed by atoms with Crippen molar-refractivity contribution < 1.29 is 23.2 Å². The first-order valence-corrected chi connectivity index (χ1v) is 10.9. The van der Waals surface area contributed by atoms with Crippen molar-refractivity contribution in [3.05, 3.63) is 81.9 Å². The predicted molar refractivity (Wildman–Crippen MR) is 88.1 cm³/mol. The summed E-state index contributed by atoms with van der Waals surface area (Å²) in [5, 5.41) is 0. The Kier molecular flexibility index (Phi) is 2.66. The fourth-order valence-electron chi connectivity index (χ4n) is 4.42. The zero-order valence-electron chi connectivity index (χ0n) is 12.9. The van der Waals surface area contributed by atoms with Crippen LogP contribution >= 0.6 is 0 Å². The van der Waals surface area contributed by atoms with Crippen LogP contribution in [0.5, 0.6) is 0 Å². The van der Waals surface area contributed by atoms with E-state index in [1.54, 1.807) is 22.3 Å². The van der Waals surface area contributed by atoms with Crippen molar-refractivity contribution in [2.24, 2.45) is 5.41 Å². The summed E-state index contributed by atoms with van der Waals surface area (Å²) in [6, 6.07) is 18.1. The van der Waals surface area contributed by atoms with Gasteiger partial charge in [-0.05, 0) is 0 Å². The van der Waals surface area contributed by atoms with Crippen molar-refractivity contribution in [2.75, 3.05) is 0 Å². The van der Waals surface area contributed by atoms with Crippen LogP contribution in [0.3, 0.4) is 0 Å². The summed E-state index contributed by atoms with van der Waals surface area (Å²) in [6.07, 6.45) is 5.00. The average Bonchev–Trinajstić information content (AvgIpc) is 3.08. The van der Waals surface area contributed by atoms with Gasteiger partial charge in [-0.3, -0.25) is 0 Å². The van der Waals surface area contributed by atoms with E-state index in [-0.39, 0.29) is 5.41 Å². The number of benzene rings is 2. The molecule has 0 bridgehead atoms. The number of hydrogen-bond donors (Lipinski definition) is 0. The molecule has 2 aliphatic carbocycles. The minimum absolute atomic E-state index is 0.201. The van der Waals surface area contributed by atoms with Crippen LogP contribution in [0.15, 0.2) is 59.7 Å². The van der Waals surface area contributed by atoms with Gasteiger partial charge in [0.2, 0.25) is 0 Å². The SMILES string of the molecule is CC1(C)C2=Cc3ccccc3[CH]2[Zr][CH]2C1=Cc1ccccc12. The predicted octanol–water partition coefficient (Wildman–Crippen LogP) is 5.39. The Morgan fingerprint density at radius 1 is 0.727 bits per heavy atom. The standard InChI is InChI=1S/C21H18.Zr/c1-21(2,19-11-15-7-3-4-8-16(15)12-19)20-13-17-9-5-6-10-18(17)14-20;/h3-14H,1-2H3;. The number of hydrogen-bond acceptors (Lipinski definition) is 0. The van der Waals surface area contributed by atoms with Crippen molar-refractivity contribution in [3.63, 3.8) is 0 Å². The van der Waals surface area contributed by atoms with Crippen LogP contribution in [-0.2, 0) is 23.2 Å². The molecule has 5 rings (SSSR count). The zero-order chi connectivity index (χ0) is 14.9. The molecule has 1 fully saturated rings. The normalized spacial score (nSPS) is 26.1. The summed E-state index contributed by atoms with van der Waals surface area (Å²) in [4.78, 5) is 0. The van der Waals surface area contributed by atoms with Crippen molar-refractivity contribution in [1.29, 1.82) is 0 Å². The van der Waals surface area contributed by atoms with Crippen LogP contribution in [0.2, 0.25) is 0 Å². The van der Waals surface area contributed by atoms with Gasteiger partial charge in [-0.1, -0.05) is 0 Å². The van der Waals surface area contributed by atoms with E-state index in [0.717, 1.165) is 7.25 Å². The van der Waals surface area contributed by atoms with Gasteiger partial charge >= 0.3 is 144 Å². The molecule has 1 saturated heterocycles. The van der Waals surface area contributed by atoms with E-state index in [9.17, 15) is 0 Å². The third-order valence-corrected chi connectivity index (χ3v) is 10.3. The zero-order valence-corrected chi connectivity index (χ0v) is 15.4. The minimum atomic E-state index is -0.589. The maximum absolute atomic E-state index is 2.50. The van der Waals surface area contributed by atoms with Crippen LogP contribution in [-0.4, -0.2) is 0 Å². The van der Waals surface area contributed by atoms with Gasteiger partial charge in [-0.15, -0.1) is 0 Å². The van der Waals surface area contributed by atoms with Gasteiger partial charge in [0, 0.05) is 0 Å². The fourth-order valence-corrected chi connectivity index (χ4v) is 10.5. The molecular formula is C21H18Zr. The van der Waals surface area contributed by atoms with E-state index in [4.69, 9.17) is 0 Å². The molecule has 22 heavy (non-hydrogen) atoms. The van der Waals surface area contributed by atoms with E-state index < -0.39 is 23.2 Å². The quantitative estimate of drug-likeness (QED) is 0.590. The van der Waals surface area contributed by atoms with Gasteiger partial charge in [0.05, 0.1) is 0 Å². The molecule has 0 N–H and O–H groups in total. The second-order valence-electron chi connectivity index (χ2n) is 7.11. The Labute approximate surface area is 143 Å². The summed E-state index contributed by atoms with van der Waals surface area (Å²) in [5.74, 6) is 0. The molecule has 0 nitrogen and oxygen atoms in total. The molecular weight excluding hydrogens is 343 g/mol. The second kappa shape index (κ2) is 4.42. The first-order chi connectivity index (χ1) is 10.7.